The summed E-state index contributed by atoms with van der Waals surface area (Å²) in [5.41, 5.74) is 1.32. The Hall–Kier alpha value is -1.11. The van der Waals surface area contributed by atoms with Crippen molar-refractivity contribution in [2.24, 2.45) is 0 Å². The molecule has 0 fully saturated rings. The quantitative estimate of drug-likeness (QED) is 0.678. The van der Waals surface area contributed by atoms with Crippen LogP contribution in [0.5, 0.6) is 0 Å². The Labute approximate surface area is 80.8 Å². The van der Waals surface area contributed by atoms with E-state index in [2.05, 4.69) is 19.1 Å². The summed E-state index contributed by atoms with van der Waals surface area (Å²) in [6.45, 7) is 5.84. The van der Waals surface area contributed by atoms with Gasteiger partial charge in [0.15, 0.2) is 0 Å². The summed E-state index contributed by atoms with van der Waals surface area (Å²) >= 11 is 0. The maximum absolute atomic E-state index is 10.2. The van der Waals surface area contributed by atoms with E-state index in [4.69, 9.17) is 0 Å². The van der Waals surface area contributed by atoms with E-state index < -0.39 is 0 Å². The van der Waals surface area contributed by atoms with E-state index in [9.17, 15) is 4.79 Å². The lowest BCUT2D eigenvalue weighted by molar-refractivity contribution is -0.118. The fourth-order valence-corrected chi connectivity index (χ4v) is 0.784. The predicted molar refractivity (Wildman–Crippen MR) is 56.8 cm³/mol. The van der Waals surface area contributed by atoms with Crippen molar-refractivity contribution in [2.45, 2.75) is 33.6 Å². The van der Waals surface area contributed by atoms with Gasteiger partial charge in [0.05, 0.1) is 0 Å². The predicted octanol–water partition coefficient (Wildman–Crippen LogP) is 3.37. The molecule has 0 N–H and O–H groups in total. The van der Waals surface area contributed by atoms with Gasteiger partial charge in [-0.1, -0.05) is 49.7 Å². The molecule has 0 unspecified atom stereocenters. The van der Waals surface area contributed by atoms with Gasteiger partial charge in [0.25, 0.3) is 0 Å². The van der Waals surface area contributed by atoms with Gasteiger partial charge in [0.2, 0.25) is 0 Å². The number of benzene rings is 1. The molecular formula is C12H18O. The van der Waals surface area contributed by atoms with Gasteiger partial charge in [-0.2, -0.15) is 0 Å². The topological polar surface area (TPSA) is 17.1 Å². The maximum atomic E-state index is 10.2. The third-order valence-electron chi connectivity index (χ3n) is 1.73. The first kappa shape index (κ1) is 11.9. The second-order valence-electron chi connectivity index (χ2n) is 2.90. The lowest BCUT2D eigenvalue weighted by Crippen LogP contribution is -1.88. The molecule has 0 saturated heterocycles. The molecule has 0 heterocycles. The first-order chi connectivity index (χ1) is 6.20. The standard InChI is InChI=1S/C7H8.C5H10O/c1-7-5-3-2-4-6-7;1-3-5(6)4-2/h2-6H,1H3;3-4H2,1-2H3. The monoisotopic (exact) mass is 178 g/mol. The fraction of sp³-hybridized carbons (Fsp3) is 0.417. The summed E-state index contributed by atoms with van der Waals surface area (Å²) < 4.78 is 0. The normalized spacial score (nSPS) is 8.54. The summed E-state index contributed by atoms with van der Waals surface area (Å²) in [5.74, 6) is 0.343. The smallest absolute Gasteiger partial charge is 0.132 e. The van der Waals surface area contributed by atoms with Gasteiger partial charge in [-0.05, 0) is 6.92 Å². The highest BCUT2D eigenvalue weighted by molar-refractivity contribution is 5.77. The van der Waals surface area contributed by atoms with Gasteiger partial charge in [-0.15, -0.1) is 0 Å². The number of Topliss-reactive ketones (excluding diaryl/α,β-unsaturated/α-hetero) is 1. The van der Waals surface area contributed by atoms with Gasteiger partial charge >= 0.3 is 0 Å². The Morgan fingerprint density at radius 1 is 1.08 bits per heavy atom. The second-order valence-corrected chi connectivity index (χ2v) is 2.90. The van der Waals surface area contributed by atoms with Crippen LogP contribution < -0.4 is 0 Å². The minimum absolute atomic E-state index is 0.343. The number of carbonyl (C=O) groups excluding carboxylic acids is 1. The molecule has 0 aliphatic heterocycles. The first-order valence-electron chi connectivity index (χ1n) is 4.74. The first-order valence-corrected chi connectivity index (χ1v) is 4.74. The van der Waals surface area contributed by atoms with Crippen LogP contribution in [-0.2, 0) is 4.79 Å². The van der Waals surface area contributed by atoms with Crippen molar-refractivity contribution in [1.82, 2.24) is 0 Å². The zero-order chi connectivity index (χ0) is 10.1. The summed E-state index contributed by atoms with van der Waals surface area (Å²) in [7, 11) is 0. The zero-order valence-corrected chi connectivity index (χ0v) is 8.71. The summed E-state index contributed by atoms with van der Waals surface area (Å²) in [5, 5.41) is 0. The molecule has 0 atom stereocenters. The number of rotatable bonds is 2. The van der Waals surface area contributed by atoms with E-state index in [-0.39, 0.29) is 0 Å². The van der Waals surface area contributed by atoms with Crippen molar-refractivity contribution >= 4 is 5.78 Å². The Balaban J connectivity index is 0.000000226. The molecule has 0 radical (unpaired) electrons. The van der Waals surface area contributed by atoms with Crippen LogP contribution in [0.1, 0.15) is 32.3 Å². The highest BCUT2D eigenvalue weighted by atomic mass is 16.1. The van der Waals surface area contributed by atoms with Crippen molar-refractivity contribution in [1.29, 1.82) is 0 Å². The van der Waals surface area contributed by atoms with E-state index in [1.807, 2.05) is 32.0 Å². The lowest BCUT2D eigenvalue weighted by Gasteiger charge is -1.82. The number of ketones is 1. The van der Waals surface area contributed by atoms with Crippen LogP contribution in [0.25, 0.3) is 0 Å². The molecule has 72 valence electrons. The molecular weight excluding hydrogens is 160 g/mol. The molecule has 0 aromatic heterocycles. The third-order valence-corrected chi connectivity index (χ3v) is 1.73. The Kier molecular flexibility index (Phi) is 6.89. The second kappa shape index (κ2) is 7.53. The molecule has 0 amide bonds. The summed E-state index contributed by atoms with van der Waals surface area (Å²) in [4.78, 5) is 10.2. The zero-order valence-electron chi connectivity index (χ0n) is 8.71. The molecule has 1 rings (SSSR count). The maximum Gasteiger partial charge on any atom is 0.132 e. The van der Waals surface area contributed by atoms with Crippen LogP contribution in [0.3, 0.4) is 0 Å². The third kappa shape index (κ3) is 7.26. The minimum atomic E-state index is 0.343. The van der Waals surface area contributed by atoms with Gasteiger partial charge in [0, 0.05) is 12.8 Å². The highest BCUT2D eigenvalue weighted by Gasteiger charge is 1.86. The van der Waals surface area contributed by atoms with Crippen LogP contribution in [0.15, 0.2) is 30.3 Å². The molecule has 0 saturated carbocycles. The largest absolute Gasteiger partial charge is 0.300 e. The van der Waals surface area contributed by atoms with Crippen molar-refractivity contribution in [3.8, 4) is 0 Å². The molecule has 13 heavy (non-hydrogen) atoms. The number of hydrogen-bond acceptors (Lipinski definition) is 1. The van der Waals surface area contributed by atoms with Crippen molar-refractivity contribution in [3.63, 3.8) is 0 Å². The van der Waals surface area contributed by atoms with Crippen LogP contribution in [0.4, 0.5) is 0 Å². The molecule has 0 spiro atoms. The minimum Gasteiger partial charge on any atom is -0.300 e. The lowest BCUT2D eigenvalue weighted by atomic mass is 10.2. The van der Waals surface area contributed by atoms with Gasteiger partial charge < -0.3 is 0 Å². The van der Waals surface area contributed by atoms with E-state index in [1.165, 1.54) is 5.56 Å². The van der Waals surface area contributed by atoms with E-state index in [0.717, 1.165) is 0 Å². The van der Waals surface area contributed by atoms with Crippen molar-refractivity contribution in [2.75, 3.05) is 0 Å². The summed E-state index contributed by atoms with van der Waals surface area (Å²) in [6.07, 6.45) is 1.38. The van der Waals surface area contributed by atoms with Gasteiger partial charge in [-0.25, -0.2) is 0 Å². The Bertz CT molecular complexity index is 220. The van der Waals surface area contributed by atoms with E-state index >= 15 is 0 Å². The van der Waals surface area contributed by atoms with Crippen molar-refractivity contribution < 1.29 is 4.79 Å². The van der Waals surface area contributed by atoms with E-state index in [0.29, 0.717) is 18.6 Å². The van der Waals surface area contributed by atoms with Crippen LogP contribution in [0, 0.1) is 6.92 Å². The average molecular weight is 178 g/mol. The number of carbonyl (C=O) groups is 1. The number of hydrogen-bond donors (Lipinski definition) is 0. The van der Waals surface area contributed by atoms with Gasteiger partial charge in [0.1, 0.15) is 5.78 Å². The van der Waals surface area contributed by atoms with Crippen LogP contribution >= 0.6 is 0 Å². The molecule has 0 aliphatic carbocycles. The summed E-state index contributed by atoms with van der Waals surface area (Å²) in [6, 6.07) is 10.3. The molecule has 1 aromatic carbocycles. The number of aryl methyl sites for hydroxylation is 1. The fourth-order valence-electron chi connectivity index (χ4n) is 0.784. The van der Waals surface area contributed by atoms with Crippen molar-refractivity contribution in [3.05, 3.63) is 35.9 Å². The Morgan fingerprint density at radius 2 is 1.54 bits per heavy atom. The molecule has 1 heteroatoms. The Morgan fingerprint density at radius 3 is 1.69 bits per heavy atom. The SMILES string of the molecule is CCC(=O)CC.Cc1ccccc1. The molecule has 0 aliphatic rings. The van der Waals surface area contributed by atoms with Crippen LogP contribution in [-0.4, -0.2) is 5.78 Å². The van der Waals surface area contributed by atoms with Crippen LogP contribution in [0.2, 0.25) is 0 Å². The average Bonchev–Trinajstić information content (AvgIpc) is 2.19. The molecule has 0 bridgehead atoms. The van der Waals surface area contributed by atoms with Gasteiger partial charge in [-0.3, -0.25) is 4.79 Å². The highest BCUT2D eigenvalue weighted by Crippen LogP contribution is 1.92. The van der Waals surface area contributed by atoms with E-state index in [1.54, 1.807) is 0 Å². The molecule has 1 nitrogen and oxygen atoms in total. The molecule has 1 aromatic rings.